The van der Waals surface area contributed by atoms with Crippen LogP contribution < -0.4 is 4.89 Å². The molecule has 26 heavy (non-hydrogen) atoms. The van der Waals surface area contributed by atoms with Crippen LogP contribution in [0.15, 0.2) is 0 Å². The summed E-state index contributed by atoms with van der Waals surface area (Å²) in [4.78, 5) is 54.2. The highest BCUT2D eigenvalue weighted by atomic mass is 31.2. The van der Waals surface area contributed by atoms with Gasteiger partial charge in [-0.05, 0) is 0 Å². The Kier molecular flexibility index (Phi) is 7.74. The second-order valence-corrected chi connectivity index (χ2v) is 6.40. The highest BCUT2D eigenvalue weighted by Gasteiger charge is 2.52. The number of esters is 3. The number of phosphoric acid groups is 1. The predicted octanol–water partition coefficient (Wildman–Crippen LogP) is -0.993. The van der Waals surface area contributed by atoms with E-state index in [-0.39, 0.29) is 6.42 Å². The molecule has 1 heterocycles. The van der Waals surface area contributed by atoms with Crippen LogP contribution in [0.3, 0.4) is 0 Å². The summed E-state index contributed by atoms with van der Waals surface area (Å²) in [6.45, 7) is 3.09. The fourth-order valence-electron chi connectivity index (χ4n) is 2.35. The molecule has 0 radical (unpaired) electrons. The summed E-state index contributed by atoms with van der Waals surface area (Å²) in [5.41, 5.74) is 0. The second kappa shape index (κ2) is 9.12. The van der Waals surface area contributed by atoms with Gasteiger partial charge in [0, 0.05) is 27.2 Å². The quantitative estimate of drug-likeness (QED) is 0.255. The molecule has 0 spiro atoms. The van der Waals surface area contributed by atoms with Crippen LogP contribution in [0.2, 0.25) is 0 Å². The van der Waals surface area contributed by atoms with Crippen molar-refractivity contribution in [3.8, 4) is 12.3 Å². The minimum atomic E-state index is -5.33. The molecule has 1 N–H and O–H groups in total. The van der Waals surface area contributed by atoms with E-state index in [0.29, 0.717) is 0 Å². The van der Waals surface area contributed by atoms with E-state index in [1.165, 1.54) is 0 Å². The van der Waals surface area contributed by atoms with Gasteiger partial charge in [-0.15, -0.1) is 12.3 Å². The van der Waals surface area contributed by atoms with Crippen molar-refractivity contribution in [3.63, 3.8) is 0 Å². The fraction of sp³-hybridized carbons (Fsp3) is 0.643. The SMILES string of the molecule is C#CCC1O[C@H](OP(=O)([O-])O)C(OC(C)=O)C(OC(C)=O)[C@H]1OC(C)=O. The maximum Gasteiger partial charge on any atom is 0.303 e. The molecule has 146 valence electrons. The largest absolute Gasteiger partial charge is 0.756 e. The first kappa shape index (κ1) is 22.1. The molecule has 1 rings (SSSR count). The molecule has 1 saturated heterocycles. The van der Waals surface area contributed by atoms with Gasteiger partial charge >= 0.3 is 17.9 Å². The summed E-state index contributed by atoms with van der Waals surface area (Å²) in [6, 6.07) is 0. The molecule has 1 fully saturated rings. The van der Waals surface area contributed by atoms with Crippen molar-refractivity contribution < 1.29 is 52.2 Å². The van der Waals surface area contributed by atoms with E-state index >= 15 is 0 Å². The molecular weight excluding hydrogens is 375 g/mol. The third-order valence-electron chi connectivity index (χ3n) is 3.05. The van der Waals surface area contributed by atoms with Gasteiger partial charge in [0.25, 0.3) is 7.82 Å². The zero-order valence-corrected chi connectivity index (χ0v) is 15.0. The lowest BCUT2D eigenvalue weighted by Gasteiger charge is -2.44. The Morgan fingerprint density at radius 3 is 1.96 bits per heavy atom. The summed E-state index contributed by atoms with van der Waals surface area (Å²) >= 11 is 0. The van der Waals surface area contributed by atoms with Crippen LogP contribution in [-0.2, 0) is 42.4 Å². The summed E-state index contributed by atoms with van der Waals surface area (Å²) in [5, 5.41) is 0. The molecule has 1 aliphatic heterocycles. The predicted molar refractivity (Wildman–Crippen MR) is 79.7 cm³/mol. The van der Waals surface area contributed by atoms with Crippen LogP contribution in [0.25, 0.3) is 0 Å². The van der Waals surface area contributed by atoms with Crippen molar-refractivity contribution in [2.75, 3.05) is 0 Å². The van der Waals surface area contributed by atoms with Gasteiger partial charge in [-0.3, -0.25) is 23.5 Å². The molecule has 4 unspecified atom stereocenters. The fourth-order valence-corrected chi connectivity index (χ4v) is 2.78. The highest BCUT2D eigenvalue weighted by molar-refractivity contribution is 7.44. The molecule has 12 heteroatoms. The van der Waals surface area contributed by atoms with Crippen molar-refractivity contribution in [2.24, 2.45) is 0 Å². The number of ether oxygens (including phenoxy) is 4. The van der Waals surface area contributed by atoms with E-state index in [4.69, 9.17) is 30.3 Å². The standard InChI is InChI=1S/C14H19O11P/c1-5-6-10-11(21-7(2)15)12(22-8(3)16)13(23-9(4)17)14(24-10)25-26(18,19)20/h1,10-14H,6H2,2-4H3,(H2,18,19,20)/p-1/t10?,11-,12?,13?,14+/m0/s1. The molecule has 0 aromatic heterocycles. The monoisotopic (exact) mass is 393 g/mol. The molecule has 11 nitrogen and oxygen atoms in total. The number of hydrogen-bond donors (Lipinski definition) is 1. The Bertz CT molecular complexity index is 633. The lowest BCUT2D eigenvalue weighted by atomic mass is 9.96. The average molecular weight is 393 g/mol. The first-order chi connectivity index (χ1) is 11.9. The van der Waals surface area contributed by atoms with Gasteiger partial charge < -0.3 is 28.7 Å². The lowest BCUT2D eigenvalue weighted by Crippen LogP contribution is -2.61. The summed E-state index contributed by atoms with van der Waals surface area (Å²) in [6.07, 6.45) is -2.51. The summed E-state index contributed by atoms with van der Waals surface area (Å²) in [7, 11) is -5.33. The number of carbonyl (C=O) groups is 3. The van der Waals surface area contributed by atoms with Crippen LogP contribution >= 0.6 is 7.82 Å². The minimum absolute atomic E-state index is 0.197. The van der Waals surface area contributed by atoms with E-state index in [2.05, 4.69) is 10.4 Å². The third kappa shape index (κ3) is 6.74. The van der Waals surface area contributed by atoms with E-state index in [9.17, 15) is 23.8 Å². The number of rotatable bonds is 6. The molecule has 0 amide bonds. The smallest absolute Gasteiger partial charge is 0.303 e. The Balaban J connectivity index is 3.34. The summed E-state index contributed by atoms with van der Waals surface area (Å²) in [5.74, 6) is -0.310. The zero-order valence-electron chi connectivity index (χ0n) is 14.1. The molecular formula is C14H18O11P-. The number of hydrogen-bond acceptors (Lipinski definition) is 10. The lowest BCUT2D eigenvalue weighted by molar-refractivity contribution is -0.304. The van der Waals surface area contributed by atoms with Crippen LogP contribution in [-0.4, -0.2) is 53.5 Å². The van der Waals surface area contributed by atoms with Gasteiger partial charge in [0.1, 0.15) is 6.10 Å². The number of terminal acetylenes is 1. The summed E-state index contributed by atoms with van der Waals surface area (Å²) < 4.78 is 35.8. The number of phosphoric ester groups is 1. The first-order valence-corrected chi connectivity index (χ1v) is 8.77. The van der Waals surface area contributed by atoms with Crippen LogP contribution in [0.1, 0.15) is 27.2 Å². The average Bonchev–Trinajstić information content (AvgIpc) is 2.44. The van der Waals surface area contributed by atoms with Crippen LogP contribution in [0, 0.1) is 12.3 Å². The van der Waals surface area contributed by atoms with E-state index in [1.54, 1.807) is 0 Å². The Morgan fingerprint density at radius 1 is 1.08 bits per heavy atom. The Labute approximate surface area is 149 Å². The molecule has 6 atom stereocenters. The van der Waals surface area contributed by atoms with Gasteiger partial charge in [0.05, 0.1) is 0 Å². The molecule has 0 aliphatic carbocycles. The van der Waals surface area contributed by atoms with Crippen LogP contribution in [0.4, 0.5) is 0 Å². The highest BCUT2D eigenvalue weighted by Crippen LogP contribution is 2.39. The van der Waals surface area contributed by atoms with E-state index < -0.39 is 56.4 Å². The zero-order chi connectivity index (χ0) is 20.1. The van der Waals surface area contributed by atoms with Crippen LogP contribution in [0.5, 0.6) is 0 Å². The van der Waals surface area contributed by atoms with Crippen molar-refractivity contribution in [1.82, 2.24) is 0 Å². The molecule has 0 bridgehead atoms. The van der Waals surface area contributed by atoms with Gasteiger partial charge in [-0.1, -0.05) is 0 Å². The van der Waals surface area contributed by atoms with Gasteiger partial charge in [0.15, 0.2) is 18.3 Å². The molecule has 1 aliphatic rings. The third-order valence-corrected chi connectivity index (χ3v) is 3.53. The Hall–Kier alpha value is -1.96. The number of carbonyl (C=O) groups excluding carboxylic acids is 3. The topological polar surface area (TPSA) is 158 Å². The van der Waals surface area contributed by atoms with Gasteiger partial charge in [0.2, 0.25) is 6.29 Å². The molecule has 0 saturated carbocycles. The molecule has 0 aromatic rings. The first-order valence-electron chi connectivity index (χ1n) is 7.27. The minimum Gasteiger partial charge on any atom is -0.756 e. The van der Waals surface area contributed by atoms with Gasteiger partial charge in [-0.25, -0.2) is 0 Å². The normalized spacial score (nSPS) is 30.4. The van der Waals surface area contributed by atoms with Crippen molar-refractivity contribution in [3.05, 3.63) is 0 Å². The Morgan fingerprint density at radius 2 is 1.54 bits per heavy atom. The van der Waals surface area contributed by atoms with Gasteiger partial charge in [-0.2, -0.15) is 0 Å². The molecule has 0 aromatic carbocycles. The maximum absolute atomic E-state index is 11.4. The van der Waals surface area contributed by atoms with Crippen molar-refractivity contribution in [2.45, 2.75) is 57.9 Å². The van der Waals surface area contributed by atoms with E-state index in [1.807, 2.05) is 0 Å². The second-order valence-electron chi connectivity index (χ2n) is 5.25. The van der Waals surface area contributed by atoms with Crippen molar-refractivity contribution in [1.29, 1.82) is 0 Å². The van der Waals surface area contributed by atoms with E-state index in [0.717, 1.165) is 20.8 Å². The van der Waals surface area contributed by atoms with Crippen molar-refractivity contribution >= 4 is 25.7 Å². The maximum atomic E-state index is 11.4.